The fourth-order valence-electron chi connectivity index (χ4n) is 0.600. The Morgan fingerprint density at radius 3 is 2.27 bits per heavy atom. The van der Waals surface area contributed by atoms with Crippen LogP contribution in [0.15, 0.2) is 0 Å². The zero-order valence-electron chi connectivity index (χ0n) is 6.53. The molecule has 11 heavy (non-hydrogen) atoms. The van der Waals surface area contributed by atoms with E-state index in [4.69, 9.17) is 0 Å². The van der Waals surface area contributed by atoms with E-state index in [1.165, 1.54) is 0 Å². The van der Waals surface area contributed by atoms with Gasteiger partial charge in [-0.15, -0.1) is 13.2 Å². The molecule has 0 rings (SSSR count). The fourth-order valence-corrected chi connectivity index (χ4v) is 0.600. The van der Waals surface area contributed by atoms with E-state index in [0.717, 1.165) is 0 Å². The SMILES string of the molecule is CCC(COC(F)(F)F)NC. The highest BCUT2D eigenvalue weighted by Gasteiger charge is 2.29. The normalized spacial score (nSPS) is 15.0. The summed E-state index contributed by atoms with van der Waals surface area (Å²) in [4.78, 5) is 0. The molecule has 0 heterocycles. The zero-order chi connectivity index (χ0) is 8.91. The number of alkyl halides is 3. The quantitative estimate of drug-likeness (QED) is 0.692. The topological polar surface area (TPSA) is 21.3 Å². The first-order valence-corrected chi connectivity index (χ1v) is 3.37. The predicted octanol–water partition coefficient (Wildman–Crippen LogP) is 1.52. The van der Waals surface area contributed by atoms with E-state index in [0.29, 0.717) is 6.42 Å². The van der Waals surface area contributed by atoms with E-state index in [9.17, 15) is 13.2 Å². The lowest BCUT2D eigenvalue weighted by Crippen LogP contribution is -2.32. The minimum absolute atomic E-state index is 0.225. The van der Waals surface area contributed by atoms with E-state index >= 15 is 0 Å². The van der Waals surface area contributed by atoms with E-state index in [1.54, 1.807) is 14.0 Å². The lowest BCUT2D eigenvalue weighted by Gasteiger charge is -2.14. The molecule has 1 N–H and O–H groups in total. The van der Waals surface area contributed by atoms with Crippen molar-refractivity contribution in [3.63, 3.8) is 0 Å². The van der Waals surface area contributed by atoms with Gasteiger partial charge in [0.1, 0.15) is 0 Å². The van der Waals surface area contributed by atoms with Crippen LogP contribution >= 0.6 is 0 Å². The van der Waals surface area contributed by atoms with Crippen molar-refractivity contribution in [1.82, 2.24) is 5.32 Å². The number of nitrogens with one attached hydrogen (secondary N) is 1. The van der Waals surface area contributed by atoms with Crippen molar-refractivity contribution in [3.8, 4) is 0 Å². The monoisotopic (exact) mass is 171 g/mol. The molecule has 1 unspecified atom stereocenters. The van der Waals surface area contributed by atoms with Crippen LogP contribution in [0.3, 0.4) is 0 Å². The summed E-state index contributed by atoms with van der Waals surface area (Å²) >= 11 is 0. The van der Waals surface area contributed by atoms with Gasteiger partial charge in [-0.2, -0.15) is 0 Å². The van der Waals surface area contributed by atoms with Crippen LogP contribution in [0.25, 0.3) is 0 Å². The van der Waals surface area contributed by atoms with Gasteiger partial charge >= 0.3 is 6.36 Å². The molecule has 0 amide bonds. The zero-order valence-corrected chi connectivity index (χ0v) is 6.53. The summed E-state index contributed by atoms with van der Waals surface area (Å²) in [7, 11) is 1.61. The standard InChI is InChI=1S/C6H12F3NO/c1-3-5(10-2)4-11-6(7,8)9/h5,10H,3-4H2,1-2H3. The summed E-state index contributed by atoms with van der Waals surface area (Å²) in [5.74, 6) is 0. The average Bonchev–Trinajstić information content (AvgIpc) is 1.88. The van der Waals surface area contributed by atoms with Crippen LogP contribution in [-0.2, 0) is 4.74 Å². The van der Waals surface area contributed by atoms with Crippen LogP contribution in [0, 0.1) is 0 Å². The lowest BCUT2D eigenvalue weighted by atomic mass is 10.2. The molecule has 0 aromatic rings. The fraction of sp³-hybridized carbons (Fsp3) is 1.00. The Balaban J connectivity index is 3.51. The molecule has 0 spiro atoms. The van der Waals surface area contributed by atoms with E-state index in [2.05, 4.69) is 10.1 Å². The van der Waals surface area contributed by atoms with Gasteiger partial charge in [0.15, 0.2) is 0 Å². The second kappa shape index (κ2) is 4.56. The molecule has 2 nitrogen and oxygen atoms in total. The van der Waals surface area contributed by atoms with E-state index in [-0.39, 0.29) is 12.6 Å². The van der Waals surface area contributed by atoms with Crippen molar-refractivity contribution >= 4 is 0 Å². The van der Waals surface area contributed by atoms with E-state index < -0.39 is 6.36 Å². The van der Waals surface area contributed by atoms with Crippen molar-refractivity contribution in [3.05, 3.63) is 0 Å². The minimum atomic E-state index is -4.51. The third-order valence-corrected chi connectivity index (χ3v) is 1.35. The Kier molecular flexibility index (Phi) is 4.44. The maximum atomic E-state index is 11.4. The van der Waals surface area contributed by atoms with Crippen LogP contribution in [0.5, 0.6) is 0 Å². The largest absolute Gasteiger partial charge is 0.522 e. The van der Waals surface area contributed by atoms with Crippen molar-refractivity contribution in [2.45, 2.75) is 25.7 Å². The number of rotatable bonds is 4. The summed E-state index contributed by atoms with van der Waals surface area (Å²) in [6, 6.07) is -0.225. The highest BCUT2D eigenvalue weighted by molar-refractivity contribution is 4.59. The molecule has 5 heteroatoms. The number of ether oxygens (including phenoxy) is 1. The molecular formula is C6H12F3NO. The maximum Gasteiger partial charge on any atom is 0.522 e. The first-order chi connectivity index (χ1) is 4.99. The summed E-state index contributed by atoms with van der Waals surface area (Å²) in [6.07, 6.45) is -3.89. The molecule has 0 aliphatic heterocycles. The smallest absolute Gasteiger partial charge is 0.315 e. The number of hydrogen-bond donors (Lipinski definition) is 1. The first-order valence-electron chi connectivity index (χ1n) is 3.37. The maximum absolute atomic E-state index is 11.4. The summed E-state index contributed by atoms with van der Waals surface area (Å²) in [5.41, 5.74) is 0. The highest BCUT2D eigenvalue weighted by atomic mass is 19.4. The van der Waals surface area contributed by atoms with Crippen molar-refractivity contribution < 1.29 is 17.9 Å². The van der Waals surface area contributed by atoms with Gasteiger partial charge in [0.2, 0.25) is 0 Å². The number of halogens is 3. The Morgan fingerprint density at radius 2 is 2.00 bits per heavy atom. The van der Waals surface area contributed by atoms with Gasteiger partial charge in [-0.1, -0.05) is 6.92 Å². The Hall–Kier alpha value is -0.290. The first kappa shape index (κ1) is 10.7. The molecule has 1 atom stereocenters. The molecular weight excluding hydrogens is 159 g/mol. The molecule has 0 aliphatic carbocycles. The average molecular weight is 171 g/mol. The van der Waals surface area contributed by atoms with Gasteiger partial charge in [0.05, 0.1) is 6.61 Å². The summed E-state index contributed by atoms with van der Waals surface area (Å²) in [6.45, 7) is 1.47. The molecule has 68 valence electrons. The summed E-state index contributed by atoms with van der Waals surface area (Å²) in [5, 5.41) is 2.70. The van der Waals surface area contributed by atoms with Gasteiger partial charge in [0, 0.05) is 6.04 Å². The molecule has 0 aliphatic rings. The highest BCUT2D eigenvalue weighted by Crippen LogP contribution is 2.16. The molecule has 0 radical (unpaired) electrons. The molecule has 0 fully saturated rings. The van der Waals surface area contributed by atoms with Gasteiger partial charge in [-0.05, 0) is 13.5 Å². The third-order valence-electron chi connectivity index (χ3n) is 1.35. The van der Waals surface area contributed by atoms with Crippen molar-refractivity contribution in [1.29, 1.82) is 0 Å². The van der Waals surface area contributed by atoms with Crippen LogP contribution in [0.4, 0.5) is 13.2 Å². The molecule has 0 bridgehead atoms. The second-order valence-corrected chi connectivity index (χ2v) is 2.15. The Labute approximate surface area is 63.7 Å². The molecule has 0 saturated heterocycles. The Bertz CT molecular complexity index is 100. The van der Waals surface area contributed by atoms with Crippen LogP contribution < -0.4 is 5.32 Å². The number of hydrogen-bond acceptors (Lipinski definition) is 2. The van der Waals surface area contributed by atoms with Crippen LogP contribution in [0.1, 0.15) is 13.3 Å². The Morgan fingerprint density at radius 1 is 1.45 bits per heavy atom. The molecule has 0 saturated carbocycles. The molecule has 0 aromatic carbocycles. The van der Waals surface area contributed by atoms with Crippen molar-refractivity contribution in [2.75, 3.05) is 13.7 Å². The third kappa shape index (κ3) is 6.12. The van der Waals surface area contributed by atoms with Gasteiger partial charge in [-0.3, -0.25) is 4.74 Å². The van der Waals surface area contributed by atoms with Gasteiger partial charge in [0.25, 0.3) is 0 Å². The lowest BCUT2D eigenvalue weighted by molar-refractivity contribution is -0.326. The number of likely N-dealkylation sites (N-methyl/N-ethyl adjacent to an activating group) is 1. The van der Waals surface area contributed by atoms with Crippen molar-refractivity contribution in [2.24, 2.45) is 0 Å². The summed E-state index contributed by atoms with van der Waals surface area (Å²) < 4.78 is 37.9. The van der Waals surface area contributed by atoms with Gasteiger partial charge < -0.3 is 5.32 Å². The minimum Gasteiger partial charge on any atom is -0.315 e. The van der Waals surface area contributed by atoms with Gasteiger partial charge in [-0.25, -0.2) is 0 Å². The predicted molar refractivity (Wildman–Crippen MR) is 35.1 cm³/mol. The second-order valence-electron chi connectivity index (χ2n) is 2.15. The van der Waals surface area contributed by atoms with Crippen LogP contribution in [0.2, 0.25) is 0 Å². The van der Waals surface area contributed by atoms with Crippen LogP contribution in [-0.4, -0.2) is 26.1 Å². The van der Waals surface area contributed by atoms with E-state index in [1.807, 2.05) is 0 Å². The molecule has 0 aromatic heterocycles.